The molecule has 0 aliphatic carbocycles. The second kappa shape index (κ2) is 4.40. The van der Waals surface area contributed by atoms with Crippen molar-refractivity contribution in [3.8, 4) is 0 Å². The Morgan fingerprint density at radius 2 is 2.20 bits per heavy atom. The zero-order valence-electron chi connectivity index (χ0n) is 8.82. The van der Waals surface area contributed by atoms with E-state index in [9.17, 15) is 0 Å². The van der Waals surface area contributed by atoms with E-state index in [4.69, 9.17) is 0 Å². The van der Waals surface area contributed by atoms with Crippen LogP contribution in [0, 0.1) is 13.8 Å². The minimum Gasteiger partial charge on any atom is -0.365 e. The third-order valence-corrected chi connectivity index (χ3v) is 3.13. The lowest BCUT2D eigenvalue weighted by Crippen LogP contribution is -2.00. The van der Waals surface area contributed by atoms with Crippen LogP contribution in [0.1, 0.15) is 16.1 Å². The number of hydrogen-bond donors (Lipinski definition) is 1. The number of anilines is 1. The average Bonchev–Trinajstić information content (AvgIpc) is 2.61. The van der Waals surface area contributed by atoms with Crippen molar-refractivity contribution in [1.82, 2.24) is 9.97 Å². The van der Waals surface area contributed by atoms with E-state index in [1.54, 1.807) is 11.3 Å². The average molecular weight is 219 g/mol. The van der Waals surface area contributed by atoms with Crippen LogP contribution in [0.4, 0.5) is 5.82 Å². The van der Waals surface area contributed by atoms with Crippen LogP contribution in [0.25, 0.3) is 0 Å². The fraction of sp³-hybridized carbons (Fsp3) is 0.273. The summed E-state index contributed by atoms with van der Waals surface area (Å²) in [6, 6.07) is 4.03. The van der Waals surface area contributed by atoms with Crippen LogP contribution in [-0.2, 0) is 6.54 Å². The number of pyridine rings is 1. The first kappa shape index (κ1) is 10.1. The zero-order chi connectivity index (χ0) is 10.7. The second-order valence-electron chi connectivity index (χ2n) is 3.43. The van der Waals surface area contributed by atoms with Gasteiger partial charge in [0.05, 0.1) is 17.7 Å². The molecular formula is C11H13N3S. The SMILES string of the molecule is Cc1ccnc(NCc2scnc2C)c1. The largest absolute Gasteiger partial charge is 0.365 e. The van der Waals surface area contributed by atoms with Gasteiger partial charge in [0.2, 0.25) is 0 Å². The molecule has 1 N–H and O–H groups in total. The third kappa shape index (κ3) is 2.53. The molecular weight excluding hydrogens is 206 g/mol. The van der Waals surface area contributed by atoms with Gasteiger partial charge < -0.3 is 5.32 Å². The monoisotopic (exact) mass is 219 g/mol. The number of thiazole rings is 1. The molecule has 0 radical (unpaired) electrons. The van der Waals surface area contributed by atoms with Gasteiger partial charge >= 0.3 is 0 Å². The number of nitrogens with zero attached hydrogens (tertiary/aromatic N) is 2. The Kier molecular flexibility index (Phi) is 2.97. The van der Waals surface area contributed by atoms with Gasteiger partial charge in [-0.2, -0.15) is 0 Å². The van der Waals surface area contributed by atoms with Crippen LogP contribution < -0.4 is 5.32 Å². The van der Waals surface area contributed by atoms with E-state index < -0.39 is 0 Å². The van der Waals surface area contributed by atoms with Crippen molar-refractivity contribution < 1.29 is 0 Å². The van der Waals surface area contributed by atoms with Gasteiger partial charge in [-0.3, -0.25) is 0 Å². The molecule has 2 aromatic heterocycles. The highest BCUT2D eigenvalue weighted by Crippen LogP contribution is 2.14. The van der Waals surface area contributed by atoms with Crippen molar-refractivity contribution in [1.29, 1.82) is 0 Å². The number of rotatable bonds is 3. The highest BCUT2D eigenvalue weighted by atomic mass is 32.1. The van der Waals surface area contributed by atoms with E-state index in [0.29, 0.717) is 0 Å². The summed E-state index contributed by atoms with van der Waals surface area (Å²) in [5.74, 6) is 0.919. The van der Waals surface area contributed by atoms with E-state index in [-0.39, 0.29) is 0 Å². The molecule has 78 valence electrons. The van der Waals surface area contributed by atoms with E-state index in [1.165, 1.54) is 10.4 Å². The Labute approximate surface area is 93.2 Å². The number of aryl methyl sites for hydroxylation is 2. The van der Waals surface area contributed by atoms with Gasteiger partial charge in [-0.05, 0) is 31.5 Å². The van der Waals surface area contributed by atoms with Gasteiger partial charge in [0.15, 0.2) is 0 Å². The highest BCUT2D eigenvalue weighted by molar-refractivity contribution is 7.09. The van der Waals surface area contributed by atoms with Crippen LogP contribution in [-0.4, -0.2) is 9.97 Å². The van der Waals surface area contributed by atoms with Crippen molar-refractivity contribution in [2.45, 2.75) is 20.4 Å². The molecule has 0 fully saturated rings. The summed E-state index contributed by atoms with van der Waals surface area (Å²) in [6.07, 6.45) is 1.82. The van der Waals surface area contributed by atoms with Crippen molar-refractivity contribution in [3.63, 3.8) is 0 Å². The summed E-state index contributed by atoms with van der Waals surface area (Å²) in [6.45, 7) is 4.88. The first-order chi connectivity index (χ1) is 7.25. The van der Waals surface area contributed by atoms with Gasteiger partial charge in [0.1, 0.15) is 5.82 Å². The lowest BCUT2D eigenvalue weighted by atomic mass is 10.3. The van der Waals surface area contributed by atoms with Gasteiger partial charge in [-0.1, -0.05) is 0 Å². The smallest absolute Gasteiger partial charge is 0.126 e. The van der Waals surface area contributed by atoms with Crippen molar-refractivity contribution in [3.05, 3.63) is 40.0 Å². The van der Waals surface area contributed by atoms with E-state index in [1.807, 2.05) is 30.8 Å². The molecule has 0 atom stereocenters. The summed E-state index contributed by atoms with van der Waals surface area (Å²) in [5.41, 5.74) is 4.18. The Hall–Kier alpha value is -1.42. The molecule has 0 amide bonds. The molecule has 0 saturated heterocycles. The molecule has 4 heteroatoms. The highest BCUT2D eigenvalue weighted by Gasteiger charge is 2.01. The molecule has 0 aliphatic heterocycles. The van der Waals surface area contributed by atoms with Crippen molar-refractivity contribution >= 4 is 17.2 Å². The van der Waals surface area contributed by atoms with E-state index in [0.717, 1.165) is 18.1 Å². The summed E-state index contributed by atoms with van der Waals surface area (Å²) in [7, 11) is 0. The first-order valence-electron chi connectivity index (χ1n) is 4.81. The molecule has 0 aliphatic rings. The molecule has 0 unspecified atom stereocenters. The number of nitrogens with one attached hydrogen (secondary N) is 1. The van der Waals surface area contributed by atoms with Crippen LogP contribution in [0.2, 0.25) is 0 Å². The first-order valence-corrected chi connectivity index (χ1v) is 5.69. The predicted octanol–water partition coefficient (Wildman–Crippen LogP) is 2.77. The fourth-order valence-corrected chi connectivity index (χ4v) is 2.02. The zero-order valence-corrected chi connectivity index (χ0v) is 9.64. The van der Waals surface area contributed by atoms with Gasteiger partial charge in [0.25, 0.3) is 0 Å². The Morgan fingerprint density at radius 3 is 2.87 bits per heavy atom. The van der Waals surface area contributed by atoms with Gasteiger partial charge in [-0.25, -0.2) is 9.97 Å². The minimum atomic E-state index is 0.799. The van der Waals surface area contributed by atoms with Crippen LogP contribution in [0.3, 0.4) is 0 Å². The molecule has 2 heterocycles. The molecule has 2 rings (SSSR count). The molecule has 0 bridgehead atoms. The predicted molar refractivity (Wildman–Crippen MR) is 63.2 cm³/mol. The summed E-state index contributed by atoms with van der Waals surface area (Å²) < 4.78 is 0. The standard InChI is InChI=1S/C11H13N3S/c1-8-3-4-12-11(5-8)13-6-10-9(2)14-7-15-10/h3-5,7H,6H2,1-2H3,(H,12,13). The quantitative estimate of drug-likeness (QED) is 0.862. The van der Waals surface area contributed by atoms with E-state index in [2.05, 4.69) is 22.2 Å². The van der Waals surface area contributed by atoms with Crippen molar-refractivity contribution in [2.75, 3.05) is 5.32 Å². The summed E-state index contributed by atoms with van der Waals surface area (Å²) in [4.78, 5) is 9.71. The molecule has 0 aromatic carbocycles. The third-order valence-electron chi connectivity index (χ3n) is 2.19. The molecule has 15 heavy (non-hydrogen) atoms. The molecule has 2 aromatic rings. The number of aromatic nitrogens is 2. The minimum absolute atomic E-state index is 0.799. The maximum Gasteiger partial charge on any atom is 0.126 e. The lowest BCUT2D eigenvalue weighted by Gasteiger charge is -2.04. The van der Waals surface area contributed by atoms with Crippen LogP contribution in [0.5, 0.6) is 0 Å². The Morgan fingerprint density at radius 1 is 1.33 bits per heavy atom. The summed E-state index contributed by atoms with van der Waals surface area (Å²) in [5, 5.41) is 3.29. The molecule has 3 nitrogen and oxygen atoms in total. The topological polar surface area (TPSA) is 37.8 Å². The Balaban J connectivity index is 2.02. The van der Waals surface area contributed by atoms with Crippen molar-refractivity contribution in [2.24, 2.45) is 0 Å². The Bertz CT molecular complexity index is 451. The van der Waals surface area contributed by atoms with Gasteiger partial charge in [0, 0.05) is 11.1 Å². The second-order valence-corrected chi connectivity index (χ2v) is 4.37. The fourth-order valence-electron chi connectivity index (χ4n) is 1.30. The lowest BCUT2D eigenvalue weighted by molar-refractivity contribution is 1.09. The molecule has 0 spiro atoms. The normalized spacial score (nSPS) is 10.3. The maximum absolute atomic E-state index is 4.24. The van der Waals surface area contributed by atoms with Gasteiger partial charge in [-0.15, -0.1) is 11.3 Å². The van der Waals surface area contributed by atoms with E-state index >= 15 is 0 Å². The summed E-state index contributed by atoms with van der Waals surface area (Å²) >= 11 is 1.67. The maximum atomic E-state index is 4.24. The van der Waals surface area contributed by atoms with Crippen LogP contribution >= 0.6 is 11.3 Å². The molecule has 0 saturated carbocycles. The van der Waals surface area contributed by atoms with Crippen LogP contribution in [0.15, 0.2) is 23.8 Å². The number of hydrogen-bond acceptors (Lipinski definition) is 4.